The molecule has 0 spiro atoms. The van der Waals surface area contributed by atoms with Crippen molar-refractivity contribution >= 4 is 23.5 Å². The van der Waals surface area contributed by atoms with E-state index >= 15 is 0 Å². The fraction of sp³-hybridized carbons (Fsp3) is 0.222. The second-order valence-corrected chi connectivity index (χ2v) is 5.91. The Hall–Kier alpha value is -2.73. The summed E-state index contributed by atoms with van der Waals surface area (Å²) in [5.74, 6) is 0.255. The third-order valence-corrected chi connectivity index (χ3v) is 3.67. The number of ether oxygens (including phenoxy) is 1. The van der Waals surface area contributed by atoms with Gasteiger partial charge in [0.1, 0.15) is 12.4 Å². The molecule has 0 fully saturated rings. The van der Waals surface area contributed by atoms with E-state index in [1.165, 1.54) is 4.90 Å². The van der Waals surface area contributed by atoms with Gasteiger partial charge in [-0.05, 0) is 37.3 Å². The summed E-state index contributed by atoms with van der Waals surface area (Å²) in [6.07, 6.45) is 0. The van der Waals surface area contributed by atoms with E-state index in [2.05, 4.69) is 10.9 Å². The van der Waals surface area contributed by atoms with Gasteiger partial charge in [-0.2, -0.15) is 0 Å². The number of nitrogens with one attached hydrogen (secondary N) is 2. The van der Waals surface area contributed by atoms with E-state index in [1.54, 1.807) is 43.4 Å². The molecule has 0 saturated heterocycles. The molecule has 2 N–H and O–H groups in total. The molecule has 0 heterocycles. The molecular formula is C18H20ClN3O3. The van der Waals surface area contributed by atoms with Crippen molar-refractivity contribution < 1.29 is 14.3 Å². The molecule has 2 rings (SSSR count). The maximum atomic E-state index is 12.0. The van der Waals surface area contributed by atoms with Crippen LogP contribution in [0.15, 0.2) is 48.5 Å². The zero-order valence-corrected chi connectivity index (χ0v) is 14.8. The first-order chi connectivity index (χ1) is 12.0. The SMILES string of the molecule is Cc1ccc(C(=O)NNC(=O)N(C)CCOc2cccc(Cl)c2)cc1. The molecule has 0 aromatic heterocycles. The van der Waals surface area contributed by atoms with Gasteiger partial charge in [0.2, 0.25) is 0 Å². The summed E-state index contributed by atoms with van der Waals surface area (Å²) in [4.78, 5) is 25.3. The maximum Gasteiger partial charge on any atom is 0.335 e. The molecule has 132 valence electrons. The summed E-state index contributed by atoms with van der Waals surface area (Å²) in [6.45, 7) is 2.58. The van der Waals surface area contributed by atoms with Crippen LogP contribution in [0.4, 0.5) is 4.79 Å². The lowest BCUT2D eigenvalue weighted by Gasteiger charge is -2.18. The summed E-state index contributed by atoms with van der Waals surface area (Å²) in [5, 5.41) is 0.586. The Balaban J connectivity index is 1.72. The largest absolute Gasteiger partial charge is 0.492 e. The van der Waals surface area contributed by atoms with Crippen molar-refractivity contribution in [2.75, 3.05) is 20.2 Å². The van der Waals surface area contributed by atoms with Crippen LogP contribution < -0.4 is 15.6 Å². The molecule has 25 heavy (non-hydrogen) atoms. The minimum absolute atomic E-state index is 0.302. The Kier molecular flexibility index (Phi) is 6.65. The van der Waals surface area contributed by atoms with Crippen molar-refractivity contribution in [1.82, 2.24) is 15.8 Å². The lowest BCUT2D eigenvalue weighted by molar-refractivity contribution is 0.0930. The first-order valence-corrected chi connectivity index (χ1v) is 8.10. The Morgan fingerprint density at radius 2 is 1.84 bits per heavy atom. The number of halogens is 1. The van der Waals surface area contributed by atoms with Crippen LogP contribution in [0.5, 0.6) is 5.75 Å². The third kappa shape index (κ3) is 6.00. The fourth-order valence-corrected chi connectivity index (χ4v) is 2.12. The van der Waals surface area contributed by atoms with Crippen LogP contribution in [0, 0.1) is 6.92 Å². The lowest BCUT2D eigenvalue weighted by Crippen LogP contribution is -2.48. The minimum atomic E-state index is -0.435. The lowest BCUT2D eigenvalue weighted by atomic mass is 10.1. The molecule has 6 nitrogen and oxygen atoms in total. The average molecular weight is 362 g/mol. The Morgan fingerprint density at radius 1 is 1.12 bits per heavy atom. The van der Waals surface area contributed by atoms with E-state index in [0.29, 0.717) is 29.5 Å². The molecule has 0 aliphatic rings. The first-order valence-electron chi connectivity index (χ1n) is 7.72. The van der Waals surface area contributed by atoms with Crippen LogP contribution in [-0.2, 0) is 0 Å². The van der Waals surface area contributed by atoms with Gasteiger partial charge in [-0.25, -0.2) is 10.2 Å². The zero-order chi connectivity index (χ0) is 18.2. The number of rotatable bonds is 5. The highest BCUT2D eigenvalue weighted by molar-refractivity contribution is 6.30. The highest BCUT2D eigenvalue weighted by Gasteiger charge is 2.11. The number of carbonyl (C=O) groups is 2. The van der Waals surface area contributed by atoms with Gasteiger partial charge in [0, 0.05) is 17.6 Å². The maximum absolute atomic E-state index is 12.0. The zero-order valence-electron chi connectivity index (χ0n) is 14.1. The highest BCUT2D eigenvalue weighted by Crippen LogP contribution is 2.16. The van der Waals surface area contributed by atoms with Gasteiger partial charge in [-0.15, -0.1) is 0 Å². The Bertz CT molecular complexity index is 735. The number of urea groups is 1. The number of nitrogens with zero attached hydrogens (tertiary/aromatic N) is 1. The van der Waals surface area contributed by atoms with Crippen molar-refractivity contribution in [3.8, 4) is 5.75 Å². The standard InChI is InChI=1S/C18H20ClN3O3/c1-13-6-8-14(9-7-13)17(23)20-21-18(24)22(2)10-11-25-16-5-3-4-15(19)12-16/h3-9,12H,10-11H2,1-2H3,(H,20,23)(H,21,24). The van der Waals surface area contributed by atoms with Crippen LogP contribution >= 0.6 is 11.6 Å². The van der Waals surface area contributed by atoms with E-state index in [-0.39, 0.29) is 5.91 Å². The molecule has 0 bridgehead atoms. The minimum Gasteiger partial charge on any atom is -0.492 e. The number of hydrogen-bond acceptors (Lipinski definition) is 3. The van der Waals surface area contributed by atoms with Gasteiger partial charge in [0.05, 0.1) is 6.54 Å². The molecule has 7 heteroatoms. The van der Waals surface area contributed by atoms with E-state index in [9.17, 15) is 9.59 Å². The third-order valence-electron chi connectivity index (χ3n) is 3.43. The topological polar surface area (TPSA) is 70.7 Å². The second kappa shape index (κ2) is 8.94. The van der Waals surface area contributed by atoms with Gasteiger partial charge < -0.3 is 9.64 Å². The normalized spacial score (nSPS) is 10.0. The molecule has 2 aromatic carbocycles. The number of likely N-dealkylation sites (N-methyl/N-ethyl adjacent to an activating group) is 1. The molecule has 0 unspecified atom stereocenters. The molecular weight excluding hydrogens is 342 g/mol. The van der Waals surface area contributed by atoms with Crippen LogP contribution in [0.1, 0.15) is 15.9 Å². The summed E-state index contributed by atoms with van der Waals surface area (Å²) < 4.78 is 5.52. The molecule has 2 aromatic rings. The van der Waals surface area contributed by atoms with Gasteiger partial charge in [-0.3, -0.25) is 10.2 Å². The number of hydrogen-bond donors (Lipinski definition) is 2. The van der Waals surface area contributed by atoms with Crippen LogP contribution in [-0.4, -0.2) is 37.0 Å². The predicted octanol–water partition coefficient (Wildman–Crippen LogP) is 3.01. The number of carbonyl (C=O) groups excluding carboxylic acids is 2. The molecule has 0 radical (unpaired) electrons. The van der Waals surface area contributed by atoms with E-state index in [0.717, 1.165) is 5.56 Å². The summed E-state index contributed by atoms with van der Waals surface area (Å²) in [5.41, 5.74) is 6.27. The van der Waals surface area contributed by atoms with E-state index in [4.69, 9.17) is 16.3 Å². The quantitative estimate of drug-likeness (QED) is 0.804. The van der Waals surface area contributed by atoms with Crippen LogP contribution in [0.25, 0.3) is 0 Å². The fourth-order valence-electron chi connectivity index (χ4n) is 1.94. The molecule has 0 atom stereocenters. The van der Waals surface area contributed by atoms with Gasteiger partial charge >= 0.3 is 6.03 Å². The van der Waals surface area contributed by atoms with Crippen LogP contribution in [0.2, 0.25) is 5.02 Å². The second-order valence-electron chi connectivity index (χ2n) is 5.48. The van der Waals surface area contributed by atoms with Crippen molar-refractivity contribution in [1.29, 1.82) is 0 Å². The summed E-state index contributed by atoms with van der Waals surface area (Å²) in [7, 11) is 1.61. The molecule has 0 saturated carbocycles. The van der Waals surface area contributed by atoms with Gasteiger partial charge in [0.15, 0.2) is 0 Å². The van der Waals surface area contributed by atoms with E-state index < -0.39 is 6.03 Å². The van der Waals surface area contributed by atoms with Gasteiger partial charge in [-0.1, -0.05) is 35.4 Å². The number of amides is 3. The molecule has 0 aliphatic heterocycles. The monoisotopic (exact) mass is 361 g/mol. The number of aryl methyl sites for hydroxylation is 1. The van der Waals surface area contributed by atoms with E-state index in [1.807, 2.05) is 19.1 Å². The average Bonchev–Trinajstić information content (AvgIpc) is 2.60. The molecule has 0 aliphatic carbocycles. The number of hydrazine groups is 1. The van der Waals surface area contributed by atoms with Crippen LogP contribution in [0.3, 0.4) is 0 Å². The first kappa shape index (κ1) is 18.6. The van der Waals surface area contributed by atoms with Gasteiger partial charge in [0.25, 0.3) is 5.91 Å². The molecule has 3 amide bonds. The van der Waals surface area contributed by atoms with Crippen molar-refractivity contribution in [3.63, 3.8) is 0 Å². The predicted molar refractivity (Wildman–Crippen MR) is 96.8 cm³/mol. The smallest absolute Gasteiger partial charge is 0.335 e. The Labute approximate surface area is 151 Å². The van der Waals surface area contributed by atoms with Crippen molar-refractivity contribution in [2.45, 2.75) is 6.92 Å². The number of benzene rings is 2. The summed E-state index contributed by atoms with van der Waals surface area (Å²) in [6, 6.07) is 13.6. The summed E-state index contributed by atoms with van der Waals surface area (Å²) >= 11 is 5.87. The van der Waals surface area contributed by atoms with Crippen molar-refractivity contribution in [2.24, 2.45) is 0 Å². The Morgan fingerprint density at radius 3 is 2.52 bits per heavy atom. The highest BCUT2D eigenvalue weighted by atomic mass is 35.5. The van der Waals surface area contributed by atoms with Crippen molar-refractivity contribution in [3.05, 3.63) is 64.7 Å².